The number of nitrogens with one attached hydrogen (secondary N) is 1. The molecule has 1 atom stereocenters. The number of nitrogens with zero attached hydrogens (tertiary/aromatic N) is 1. The maximum atomic E-state index is 13.1. The smallest absolute Gasteiger partial charge is 0.418 e. The molecule has 27 heavy (non-hydrogen) atoms. The Balaban J connectivity index is 2.09. The van der Waals surface area contributed by atoms with Gasteiger partial charge in [0.15, 0.2) is 6.10 Å². The Morgan fingerprint density at radius 1 is 1.26 bits per heavy atom. The van der Waals surface area contributed by atoms with Crippen molar-refractivity contribution in [1.82, 2.24) is 0 Å². The molecule has 1 aromatic rings. The molecule has 0 saturated heterocycles. The molecule has 7 nitrogen and oxygen atoms in total. The quantitative estimate of drug-likeness (QED) is 0.466. The first kappa shape index (κ1) is 20.7. The van der Waals surface area contributed by atoms with Gasteiger partial charge in [0.05, 0.1) is 22.1 Å². The van der Waals surface area contributed by atoms with Gasteiger partial charge in [-0.3, -0.25) is 19.7 Å². The highest BCUT2D eigenvalue weighted by molar-refractivity contribution is 5.96. The molecule has 0 bridgehead atoms. The summed E-state index contributed by atoms with van der Waals surface area (Å²) in [6.07, 6.45) is -2.08. The van der Waals surface area contributed by atoms with Gasteiger partial charge in [0.1, 0.15) is 0 Å². The first-order valence-corrected chi connectivity index (χ1v) is 8.46. The van der Waals surface area contributed by atoms with Crippen molar-refractivity contribution < 1.29 is 32.4 Å². The summed E-state index contributed by atoms with van der Waals surface area (Å²) in [5.41, 5.74) is -2.74. The molecule has 0 aromatic heterocycles. The SMILES string of the molecule is C[C@@H](OC(=O)C1CCCCC1)C(=O)Nc1ccc([N+](=O)[O-])cc1C(F)(F)F. The van der Waals surface area contributed by atoms with Gasteiger partial charge in [0.25, 0.3) is 11.6 Å². The first-order chi connectivity index (χ1) is 12.6. The number of alkyl halides is 3. The zero-order chi connectivity index (χ0) is 20.2. The molecule has 1 aromatic carbocycles. The fourth-order valence-electron chi connectivity index (χ4n) is 2.89. The van der Waals surface area contributed by atoms with Crippen molar-refractivity contribution in [1.29, 1.82) is 0 Å². The summed E-state index contributed by atoms with van der Waals surface area (Å²) in [7, 11) is 0. The fraction of sp³-hybridized carbons (Fsp3) is 0.529. The van der Waals surface area contributed by atoms with Crippen LogP contribution in [0.15, 0.2) is 18.2 Å². The number of ether oxygens (including phenoxy) is 1. The van der Waals surface area contributed by atoms with Crippen LogP contribution in [0.1, 0.15) is 44.6 Å². The van der Waals surface area contributed by atoms with Crippen LogP contribution in [0, 0.1) is 16.0 Å². The lowest BCUT2D eigenvalue weighted by Gasteiger charge is -2.22. The number of rotatable bonds is 5. The van der Waals surface area contributed by atoms with Crippen LogP contribution >= 0.6 is 0 Å². The molecule has 0 spiro atoms. The van der Waals surface area contributed by atoms with Gasteiger partial charge in [-0.2, -0.15) is 13.2 Å². The van der Waals surface area contributed by atoms with Crippen LogP contribution in [0.3, 0.4) is 0 Å². The fourth-order valence-corrected chi connectivity index (χ4v) is 2.89. The third-order valence-electron chi connectivity index (χ3n) is 4.38. The minimum absolute atomic E-state index is 0.306. The number of benzene rings is 1. The van der Waals surface area contributed by atoms with Crippen molar-refractivity contribution in [3.63, 3.8) is 0 Å². The van der Waals surface area contributed by atoms with Gasteiger partial charge in [-0.1, -0.05) is 19.3 Å². The van der Waals surface area contributed by atoms with Crippen LogP contribution in [0.5, 0.6) is 0 Å². The molecule has 1 N–H and O–H groups in total. The Labute approximate surface area is 153 Å². The number of nitro benzene ring substituents is 1. The van der Waals surface area contributed by atoms with E-state index in [1.54, 1.807) is 0 Å². The standard InChI is InChI=1S/C17H19F3N2O5/c1-10(27-16(24)11-5-3-2-4-6-11)15(23)21-14-8-7-12(22(25)26)9-13(14)17(18,19)20/h7-11H,2-6H2,1H3,(H,21,23)/t10-/m1/s1. The van der Waals surface area contributed by atoms with Crippen molar-refractivity contribution in [2.45, 2.75) is 51.3 Å². The predicted octanol–water partition coefficient (Wildman–Crippen LogP) is 4.06. The lowest BCUT2D eigenvalue weighted by atomic mass is 9.89. The summed E-state index contributed by atoms with van der Waals surface area (Å²) < 4.78 is 44.5. The van der Waals surface area contributed by atoms with Crippen LogP contribution in [-0.2, 0) is 20.5 Å². The molecule has 1 fully saturated rings. The van der Waals surface area contributed by atoms with Gasteiger partial charge in [-0.15, -0.1) is 0 Å². The maximum absolute atomic E-state index is 13.1. The molecule has 1 aliphatic carbocycles. The van der Waals surface area contributed by atoms with E-state index in [0.717, 1.165) is 31.4 Å². The highest BCUT2D eigenvalue weighted by Gasteiger charge is 2.36. The molecule has 0 aliphatic heterocycles. The Morgan fingerprint density at radius 3 is 2.44 bits per heavy atom. The van der Waals surface area contributed by atoms with Crippen LogP contribution in [0.2, 0.25) is 0 Å². The number of halogens is 3. The summed E-state index contributed by atoms with van der Waals surface area (Å²) in [6, 6.07) is 1.99. The zero-order valence-electron chi connectivity index (χ0n) is 14.5. The van der Waals surface area contributed by atoms with E-state index in [-0.39, 0.29) is 5.92 Å². The highest BCUT2D eigenvalue weighted by atomic mass is 19.4. The topological polar surface area (TPSA) is 98.5 Å². The minimum Gasteiger partial charge on any atom is -0.452 e. The Bertz CT molecular complexity index is 730. The second-order valence-electron chi connectivity index (χ2n) is 6.39. The number of non-ortho nitro benzene ring substituents is 1. The van der Waals surface area contributed by atoms with E-state index in [9.17, 15) is 32.9 Å². The Kier molecular flexibility index (Phi) is 6.40. The van der Waals surface area contributed by atoms with Crippen molar-refractivity contribution >= 4 is 23.3 Å². The number of nitro groups is 1. The van der Waals surface area contributed by atoms with Crippen molar-refractivity contribution in [2.75, 3.05) is 5.32 Å². The molecule has 1 aliphatic rings. The van der Waals surface area contributed by atoms with E-state index in [2.05, 4.69) is 0 Å². The normalized spacial score (nSPS) is 16.4. The van der Waals surface area contributed by atoms with Crippen LogP contribution in [-0.4, -0.2) is 22.9 Å². The number of esters is 1. The molecule has 1 amide bonds. The molecule has 0 radical (unpaired) electrons. The van der Waals surface area contributed by atoms with Crippen molar-refractivity contribution in [3.05, 3.63) is 33.9 Å². The second kappa shape index (κ2) is 8.36. The number of hydrogen-bond donors (Lipinski definition) is 1. The molecule has 0 heterocycles. The number of anilines is 1. The van der Waals surface area contributed by atoms with E-state index in [4.69, 9.17) is 4.74 Å². The van der Waals surface area contributed by atoms with E-state index < -0.39 is 46.0 Å². The minimum atomic E-state index is -4.91. The largest absolute Gasteiger partial charge is 0.452 e. The predicted molar refractivity (Wildman–Crippen MR) is 88.9 cm³/mol. The van der Waals surface area contributed by atoms with Crippen LogP contribution < -0.4 is 5.32 Å². The lowest BCUT2D eigenvalue weighted by Crippen LogP contribution is -2.33. The number of carbonyl (C=O) groups excluding carboxylic acids is 2. The summed E-state index contributed by atoms with van der Waals surface area (Å²) >= 11 is 0. The van der Waals surface area contributed by atoms with Gasteiger partial charge in [-0.05, 0) is 25.8 Å². The zero-order valence-corrected chi connectivity index (χ0v) is 14.5. The summed E-state index contributed by atoms with van der Waals surface area (Å²) in [5.74, 6) is -1.80. The third kappa shape index (κ3) is 5.41. The summed E-state index contributed by atoms with van der Waals surface area (Å²) in [6.45, 7) is 1.26. The molecule has 0 unspecified atom stereocenters. The second-order valence-corrected chi connectivity index (χ2v) is 6.39. The Morgan fingerprint density at radius 2 is 1.89 bits per heavy atom. The average molecular weight is 388 g/mol. The third-order valence-corrected chi connectivity index (χ3v) is 4.38. The maximum Gasteiger partial charge on any atom is 0.418 e. The average Bonchev–Trinajstić information content (AvgIpc) is 2.61. The van der Waals surface area contributed by atoms with E-state index in [1.165, 1.54) is 6.92 Å². The highest BCUT2D eigenvalue weighted by Crippen LogP contribution is 2.37. The van der Waals surface area contributed by atoms with E-state index in [0.29, 0.717) is 18.9 Å². The van der Waals surface area contributed by atoms with Crippen LogP contribution in [0.4, 0.5) is 24.5 Å². The number of hydrogen-bond acceptors (Lipinski definition) is 5. The molecule has 10 heteroatoms. The van der Waals surface area contributed by atoms with Crippen molar-refractivity contribution in [3.8, 4) is 0 Å². The number of carbonyl (C=O) groups is 2. The summed E-state index contributed by atoms with van der Waals surface area (Å²) in [4.78, 5) is 33.9. The lowest BCUT2D eigenvalue weighted by molar-refractivity contribution is -0.385. The first-order valence-electron chi connectivity index (χ1n) is 8.46. The number of amides is 1. The summed E-state index contributed by atoms with van der Waals surface area (Å²) in [5, 5.41) is 12.7. The molecule has 148 valence electrons. The van der Waals surface area contributed by atoms with E-state index in [1.807, 2.05) is 5.32 Å². The van der Waals surface area contributed by atoms with Gasteiger partial charge < -0.3 is 10.1 Å². The molecular weight excluding hydrogens is 369 g/mol. The van der Waals surface area contributed by atoms with Gasteiger partial charge in [-0.25, -0.2) is 0 Å². The monoisotopic (exact) mass is 388 g/mol. The van der Waals surface area contributed by atoms with Crippen LogP contribution in [0.25, 0.3) is 0 Å². The molecule has 1 saturated carbocycles. The van der Waals surface area contributed by atoms with Gasteiger partial charge in [0.2, 0.25) is 0 Å². The molecular formula is C17H19F3N2O5. The van der Waals surface area contributed by atoms with E-state index >= 15 is 0 Å². The van der Waals surface area contributed by atoms with Gasteiger partial charge >= 0.3 is 12.1 Å². The molecule has 2 rings (SSSR count). The Hall–Kier alpha value is -2.65. The van der Waals surface area contributed by atoms with Crippen molar-refractivity contribution in [2.24, 2.45) is 5.92 Å². The van der Waals surface area contributed by atoms with Gasteiger partial charge in [0, 0.05) is 12.1 Å².